The van der Waals surface area contributed by atoms with Crippen molar-refractivity contribution in [1.82, 2.24) is 9.88 Å². The molecule has 0 spiro atoms. The van der Waals surface area contributed by atoms with E-state index in [-0.39, 0.29) is 6.61 Å². The lowest BCUT2D eigenvalue weighted by atomic mass is 10.1. The predicted octanol–water partition coefficient (Wildman–Crippen LogP) is 3.29. The Labute approximate surface area is 185 Å². The maximum Gasteiger partial charge on any atom is 0.215 e. The Balaban J connectivity index is 2.42. The largest absolute Gasteiger partial charge is 0.495 e. The molecule has 1 atom stereocenters. The molecule has 0 bridgehead atoms. The fraction of sp³-hybridized carbons (Fsp3) is 0.455. The third kappa shape index (κ3) is 6.24. The lowest BCUT2D eigenvalue weighted by molar-refractivity contribution is 0.292. The highest BCUT2D eigenvalue weighted by Crippen LogP contribution is 2.29. The summed E-state index contributed by atoms with van der Waals surface area (Å²) in [5, 5.41) is 11.9. The number of pyridine rings is 1. The zero-order chi connectivity index (χ0) is 23.2. The molecule has 31 heavy (non-hydrogen) atoms. The van der Waals surface area contributed by atoms with Crippen LogP contribution in [-0.4, -0.2) is 63.6 Å². The molecule has 0 fully saturated rings. The third-order valence-electron chi connectivity index (χ3n) is 4.54. The van der Waals surface area contributed by atoms with Crippen molar-refractivity contribution in [3.05, 3.63) is 53.0 Å². The van der Waals surface area contributed by atoms with Crippen LogP contribution < -0.4 is 5.32 Å². The van der Waals surface area contributed by atoms with Gasteiger partial charge in [-0.3, -0.25) is 9.20 Å². The van der Waals surface area contributed by atoms with Gasteiger partial charge in [0.05, 0.1) is 22.8 Å². The molecule has 0 saturated heterocycles. The van der Waals surface area contributed by atoms with Gasteiger partial charge in [-0.05, 0) is 39.3 Å². The summed E-state index contributed by atoms with van der Waals surface area (Å²) in [7, 11) is 1.86. The average Bonchev–Trinajstić information content (AvgIpc) is 2.90. The minimum Gasteiger partial charge on any atom is -0.495 e. The molecule has 1 aliphatic rings. The average molecular weight is 451 g/mol. The number of rotatable bonds is 8. The van der Waals surface area contributed by atoms with Crippen LogP contribution in [0.4, 0.5) is 10.2 Å². The summed E-state index contributed by atoms with van der Waals surface area (Å²) in [5.74, 6) is 0.725. The summed E-state index contributed by atoms with van der Waals surface area (Å²) in [6.07, 6.45) is 4.07. The van der Waals surface area contributed by atoms with Crippen molar-refractivity contribution in [2.75, 3.05) is 39.2 Å². The standard InChI is InChI=1S/C22H31FN4O3S/c1-15(16-12-19(23)26-20(13-16)25-9-7-11-28)27-10-8-18(31(29)22(2,3)4)17(30-6)14-21(27)24-5/h8,12-14,28H,1,7,9-11H2,2-6H3,(H,25,26). The van der Waals surface area contributed by atoms with Crippen LogP contribution >= 0.6 is 0 Å². The number of anilines is 1. The number of aliphatic hydroxyl groups excluding tert-OH is 1. The number of hydrogen-bond acceptors (Lipinski definition) is 6. The molecule has 0 radical (unpaired) electrons. The molecule has 2 rings (SSSR count). The fourth-order valence-corrected chi connectivity index (χ4v) is 4.14. The molecule has 0 amide bonds. The maximum absolute atomic E-state index is 14.2. The number of methoxy groups -OCH3 is 1. The number of aliphatic imine (C=N–C) groups is 1. The van der Waals surface area contributed by atoms with E-state index in [2.05, 4.69) is 21.9 Å². The van der Waals surface area contributed by atoms with Crippen LogP contribution in [0.25, 0.3) is 5.70 Å². The lowest BCUT2D eigenvalue weighted by Crippen LogP contribution is -2.28. The van der Waals surface area contributed by atoms with Crippen LogP contribution in [-0.2, 0) is 15.5 Å². The predicted molar refractivity (Wildman–Crippen MR) is 125 cm³/mol. The molecule has 1 unspecified atom stereocenters. The minimum absolute atomic E-state index is 0.0325. The smallest absolute Gasteiger partial charge is 0.215 e. The Morgan fingerprint density at radius 2 is 2.16 bits per heavy atom. The first-order valence-corrected chi connectivity index (χ1v) is 11.1. The summed E-state index contributed by atoms with van der Waals surface area (Å²) in [4.78, 5) is 10.6. The number of nitrogens with zero attached hydrogens (tertiary/aromatic N) is 3. The van der Waals surface area contributed by atoms with E-state index in [9.17, 15) is 8.60 Å². The van der Waals surface area contributed by atoms with E-state index in [0.717, 1.165) is 0 Å². The van der Waals surface area contributed by atoms with E-state index in [1.165, 1.54) is 13.2 Å². The highest BCUT2D eigenvalue weighted by Gasteiger charge is 2.29. The van der Waals surface area contributed by atoms with Gasteiger partial charge in [0.2, 0.25) is 5.95 Å². The Kier molecular flexibility index (Phi) is 8.52. The van der Waals surface area contributed by atoms with Gasteiger partial charge in [-0.25, -0.2) is 4.98 Å². The summed E-state index contributed by atoms with van der Waals surface area (Å²) in [6.45, 7) is 10.7. The van der Waals surface area contributed by atoms with E-state index in [4.69, 9.17) is 9.84 Å². The van der Waals surface area contributed by atoms with E-state index >= 15 is 0 Å². The molecule has 2 N–H and O–H groups in total. The molecular formula is C22H31FN4O3S. The lowest BCUT2D eigenvalue weighted by Gasteiger charge is -2.25. The fourth-order valence-electron chi connectivity index (χ4n) is 2.93. The van der Waals surface area contributed by atoms with E-state index in [1.54, 1.807) is 24.1 Å². The highest BCUT2D eigenvalue weighted by atomic mass is 32.2. The van der Waals surface area contributed by atoms with Gasteiger partial charge in [0.25, 0.3) is 0 Å². The molecule has 170 valence electrons. The van der Waals surface area contributed by atoms with Gasteiger partial charge < -0.3 is 20.1 Å². The quantitative estimate of drug-likeness (QED) is 0.467. The molecule has 2 heterocycles. The second-order valence-corrected chi connectivity index (χ2v) is 10.1. The van der Waals surface area contributed by atoms with Crippen LogP contribution in [0.2, 0.25) is 0 Å². The van der Waals surface area contributed by atoms with Crippen molar-refractivity contribution in [2.24, 2.45) is 4.99 Å². The number of aliphatic hydroxyl groups is 1. The second-order valence-electron chi connectivity index (χ2n) is 7.87. The normalized spacial score (nSPS) is 17.0. The summed E-state index contributed by atoms with van der Waals surface area (Å²) in [6, 6.07) is 3.00. The van der Waals surface area contributed by atoms with Crippen molar-refractivity contribution < 1.29 is 18.4 Å². The molecule has 0 aliphatic carbocycles. The van der Waals surface area contributed by atoms with Crippen LogP contribution in [0.15, 0.2) is 46.5 Å². The first-order valence-electron chi connectivity index (χ1n) is 9.96. The molecule has 9 heteroatoms. The summed E-state index contributed by atoms with van der Waals surface area (Å²) >= 11 is 0. The third-order valence-corrected chi connectivity index (χ3v) is 6.42. The number of ether oxygens (including phenoxy) is 1. The topological polar surface area (TPSA) is 87.1 Å². The van der Waals surface area contributed by atoms with Crippen molar-refractivity contribution in [3.63, 3.8) is 0 Å². The van der Waals surface area contributed by atoms with Crippen molar-refractivity contribution >= 4 is 28.2 Å². The van der Waals surface area contributed by atoms with Crippen LogP contribution in [0.5, 0.6) is 0 Å². The Bertz CT molecular complexity index is 935. The summed E-state index contributed by atoms with van der Waals surface area (Å²) in [5.41, 5.74) is 1.04. The Hall–Kier alpha value is -2.52. The van der Waals surface area contributed by atoms with Gasteiger partial charge in [-0.1, -0.05) is 6.58 Å². The molecule has 1 aromatic heterocycles. The number of aromatic nitrogens is 1. The first kappa shape index (κ1) is 24.7. The zero-order valence-electron chi connectivity index (χ0n) is 18.7. The Morgan fingerprint density at radius 3 is 2.74 bits per heavy atom. The molecule has 0 aromatic carbocycles. The molecular weight excluding hydrogens is 419 g/mol. The zero-order valence-corrected chi connectivity index (χ0v) is 19.6. The van der Waals surface area contributed by atoms with E-state index in [1.807, 2.05) is 26.8 Å². The number of halogens is 1. The van der Waals surface area contributed by atoms with Crippen LogP contribution in [0.3, 0.4) is 0 Å². The van der Waals surface area contributed by atoms with Gasteiger partial charge in [-0.15, -0.1) is 0 Å². The molecule has 7 nitrogen and oxygen atoms in total. The van der Waals surface area contributed by atoms with E-state index in [0.29, 0.717) is 53.1 Å². The van der Waals surface area contributed by atoms with Crippen molar-refractivity contribution in [2.45, 2.75) is 31.9 Å². The van der Waals surface area contributed by atoms with Crippen molar-refractivity contribution in [3.8, 4) is 0 Å². The minimum atomic E-state index is -1.31. The van der Waals surface area contributed by atoms with Gasteiger partial charge in [-0.2, -0.15) is 4.39 Å². The number of hydrogen-bond donors (Lipinski definition) is 2. The van der Waals surface area contributed by atoms with Crippen molar-refractivity contribution in [1.29, 1.82) is 0 Å². The monoisotopic (exact) mass is 450 g/mol. The highest BCUT2D eigenvalue weighted by molar-refractivity contribution is 7.90. The van der Waals surface area contributed by atoms with E-state index < -0.39 is 21.5 Å². The van der Waals surface area contributed by atoms with Crippen LogP contribution in [0, 0.1) is 5.95 Å². The maximum atomic E-state index is 14.2. The van der Waals surface area contributed by atoms with Crippen LogP contribution in [0.1, 0.15) is 32.8 Å². The van der Waals surface area contributed by atoms with Gasteiger partial charge >= 0.3 is 0 Å². The molecule has 1 aliphatic heterocycles. The number of nitrogens with one attached hydrogen (secondary N) is 1. The molecule has 0 saturated carbocycles. The summed E-state index contributed by atoms with van der Waals surface area (Å²) < 4.78 is 32.3. The van der Waals surface area contributed by atoms with Gasteiger partial charge in [0.1, 0.15) is 17.4 Å². The Morgan fingerprint density at radius 1 is 1.45 bits per heavy atom. The van der Waals surface area contributed by atoms with Gasteiger partial charge in [0.15, 0.2) is 0 Å². The number of amidine groups is 1. The SMILES string of the molecule is C=C(c1cc(F)nc(NCCCO)c1)N1CC=C(S(=O)C(C)(C)C)C(OC)=CC1=NC. The molecule has 1 aromatic rings. The van der Waals surface area contributed by atoms with Gasteiger partial charge in [0, 0.05) is 54.9 Å². The first-order chi connectivity index (χ1) is 14.6. The second kappa shape index (κ2) is 10.7.